The lowest BCUT2D eigenvalue weighted by Gasteiger charge is -2.31. The Balaban J connectivity index is 4.02. The van der Waals surface area contributed by atoms with Crippen LogP contribution in [0.2, 0.25) is 0 Å². The van der Waals surface area contributed by atoms with E-state index in [1.54, 1.807) is 13.8 Å². The summed E-state index contributed by atoms with van der Waals surface area (Å²) in [5.41, 5.74) is 4.27. The first-order chi connectivity index (χ1) is 7.68. The first kappa shape index (κ1) is 16.4. The molecule has 0 aromatic heterocycles. The van der Waals surface area contributed by atoms with Crippen LogP contribution in [-0.4, -0.2) is 42.0 Å². The lowest BCUT2D eigenvalue weighted by molar-refractivity contribution is -0.151. The summed E-state index contributed by atoms with van der Waals surface area (Å²) in [6.45, 7) is 8.90. The predicted octanol–water partition coefficient (Wildman–Crippen LogP) is 1.40. The Hall–Kier alpha value is -0.650. The standard InChI is InChI=1S/C12H25NO4/c1-11(2,8-10(14)15)17-9-12(3,4)16-7-5-6-13/h5-9,13H2,1-4H3,(H,14,15). The van der Waals surface area contributed by atoms with Gasteiger partial charge in [0.25, 0.3) is 0 Å². The van der Waals surface area contributed by atoms with Gasteiger partial charge < -0.3 is 20.3 Å². The summed E-state index contributed by atoms with van der Waals surface area (Å²) in [4.78, 5) is 10.6. The molecule has 0 atom stereocenters. The summed E-state index contributed by atoms with van der Waals surface area (Å²) >= 11 is 0. The Morgan fingerprint density at radius 3 is 2.24 bits per heavy atom. The molecule has 5 nitrogen and oxygen atoms in total. The van der Waals surface area contributed by atoms with Crippen molar-refractivity contribution in [3.63, 3.8) is 0 Å². The highest BCUT2D eigenvalue weighted by atomic mass is 16.6. The second-order valence-corrected chi connectivity index (χ2v) is 5.37. The van der Waals surface area contributed by atoms with Gasteiger partial charge in [-0.1, -0.05) is 0 Å². The Morgan fingerprint density at radius 2 is 1.76 bits per heavy atom. The number of carboxylic acid groups (broad SMARTS) is 1. The minimum atomic E-state index is -0.864. The molecule has 0 spiro atoms. The van der Waals surface area contributed by atoms with Gasteiger partial charge in [0.2, 0.25) is 0 Å². The predicted molar refractivity (Wildman–Crippen MR) is 66.0 cm³/mol. The number of carboxylic acids is 1. The fourth-order valence-corrected chi connectivity index (χ4v) is 1.26. The molecule has 0 unspecified atom stereocenters. The van der Waals surface area contributed by atoms with Gasteiger partial charge in [0.05, 0.1) is 24.2 Å². The van der Waals surface area contributed by atoms with E-state index in [-0.39, 0.29) is 6.42 Å². The van der Waals surface area contributed by atoms with E-state index in [1.807, 2.05) is 13.8 Å². The van der Waals surface area contributed by atoms with E-state index in [9.17, 15) is 4.79 Å². The molecule has 0 bridgehead atoms. The van der Waals surface area contributed by atoms with Gasteiger partial charge >= 0.3 is 5.97 Å². The molecule has 0 saturated carbocycles. The molecule has 3 N–H and O–H groups in total. The Labute approximate surface area is 103 Å². The van der Waals surface area contributed by atoms with Crippen molar-refractivity contribution in [1.82, 2.24) is 0 Å². The van der Waals surface area contributed by atoms with Gasteiger partial charge in [-0.05, 0) is 40.7 Å². The monoisotopic (exact) mass is 247 g/mol. The first-order valence-electron chi connectivity index (χ1n) is 5.88. The van der Waals surface area contributed by atoms with E-state index in [0.717, 1.165) is 6.42 Å². The minimum absolute atomic E-state index is 0.0219. The molecule has 0 radical (unpaired) electrons. The van der Waals surface area contributed by atoms with Gasteiger partial charge in [0.1, 0.15) is 0 Å². The average Bonchev–Trinajstić information content (AvgIpc) is 2.14. The van der Waals surface area contributed by atoms with Crippen molar-refractivity contribution >= 4 is 5.97 Å². The van der Waals surface area contributed by atoms with E-state index >= 15 is 0 Å². The van der Waals surface area contributed by atoms with Gasteiger partial charge in [-0.15, -0.1) is 0 Å². The maximum absolute atomic E-state index is 10.6. The second-order valence-electron chi connectivity index (χ2n) is 5.37. The summed E-state index contributed by atoms with van der Waals surface area (Å²) in [6.07, 6.45) is 0.786. The molecular weight excluding hydrogens is 222 g/mol. The number of nitrogens with two attached hydrogens (primary N) is 1. The molecule has 0 rings (SSSR count). The summed E-state index contributed by atoms with van der Waals surface area (Å²) in [5, 5.41) is 8.73. The van der Waals surface area contributed by atoms with Crippen LogP contribution in [0, 0.1) is 0 Å². The molecule has 0 amide bonds. The molecule has 0 aromatic rings. The second kappa shape index (κ2) is 6.93. The minimum Gasteiger partial charge on any atom is -0.481 e. The summed E-state index contributed by atoms with van der Waals surface area (Å²) in [6, 6.07) is 0. The van der Waals surface area contributed by atoms with Crippen LogP contribution >= 0.6 is 0 Å². The molecule has 5 heteroatoms. The highest BCUT2D eigenvalue weighted by molar-refractivity contribution is 5.67. The summed E-state index contributed by atoms with van der Waals surface area (Å²) in [5.74, 6) is -0.864. The van der Waals surface area contributed by atoms with Crippen LogP contribution in [0.1, 0.15) is 40.5 Å². The highest BCUT2D eigenvalue weighted by Gasteiger charge is 2.27. The van der Waals surface area contributed by atoms with Crippen LogP contribution in [0.4, 0.5) is 0 Å². The maximum atomic E-state index is 10.6. The van der Waals surface area contributed by atoms with Crippen molar-refractivity contribution in [2.45, 2.75) is 51.7 Å². The van der Waals surface area contributed by atoms with Crippen molar-refractivity contribution in [2.24, 2.45) is 5.73 Å². The molecule has 0 saturated heterocycles. The maximum Gasteiger partial charge on any atom is 0.306 e. The summed E-state index contributed by atoms with van der Waals surface area (Å²) in [7, 11) is 0. The van der Waals surface area contributed by atoms with Gasteiger partial charge in [-0.2, -0.15) is 0 Å². The van der Waals surface area contributed by atoms with Crippen molar-refractivity contribution in [3.05, 3.63) is 0 Å². The molecule has 102 valence electrons. The highest BCUT2D eigenvalue weighted by Crippen LogP contribution is 2.19. The van der Waals surface area contributed by atoms with Crippen molar-refractivity contribution in [2.75, 3.05) is 19.8 Å². The van der Waals surface area contributed by atoms with Crippen LogP contribution in [0.15, 0.2) is 0 Å². The van der Waals surface area contributed by atoms with Crippen molar-refractivity contribution < 1.29 is 19.4 Å². The van der Waals surface area contributed by atoms with E-state index in [1.165, 1.54) is 0 Å². The lowest BCUT2D eigenvalue weighted by atomic mass is 10.0. The molecule has 0 aliphatic heterocycles. The van der Waals surface area contributed by atoms with Gasteiger partial charge in [-0.3, -0.25) is 4.79 Å². The van der Waals surface area contributed by atoms with E-state index in [2.05, 4.69) is 0 Å². The Morgan fingerprint density at radius 1 is 1.18 bits per heavy atom. The zero-order valence-corrected chi connectivity index (χ0v) is 11.3. The largest absolute Gasteiger partial charge is 0.481 e. The zero-order valence-electron chi connectivity index (χ0n) is 11.3. The Kier molecular flexibility index (Phi) is 6.67. The van der Waals surface area contributed by atoms with Gasteiger partial charge in [0.15, 0.2) is 0 Å². The fourth-order valence-electron chi connectivity index (χ4n) is 1.26. The topological polar surface area (TPSA) is 81.8 Å². The molecule has 17 heavy (non-hydrogen) atoms. The van der Waals surface area contributed by atoms with E-state index in [0.29, 0.717) is 19.8 Å². The van der Waals surface area contributed by atoms with Crippen LogP contribution in [0.3, 0.4) is 0 Å². The number of hydrogen-bond acceptors (Lipinski definition) is 4. The van der Waals surface area contributed by atoms with E-state index < -0.39 is 17.2 Å². The molecule has 0 aliphatic carbocycles. The van der Waals surface area contributed by atoms with E-state index in [4.69, 9.17) is 20.3 Å². The van der Waals surface area contributed by atoms with Crippen molar-refractivity contribution in [1.29, 1.82) is 0 Å². The van der Waals surface area contributed by atoms with Crippen LogP contribution in [-0.2, 0) is 14.3 Å². The van der Waals surface area contributed by atoms with Gasteiger partial charge in [-0.25, -0.2) is 0 Å². The van der Waals surface area contributed by atoms with Crippen LogP contribution in [0.25, 0.3) is 0 Å². The first-order valence-corrected chi connectivity index (χ1v) is 5.88. The van der Waals surface area contributed by atoms with Gasteiger partial charge in [0, 0.05) is 6.61 Å². The molecule has 0 aromatic carbocycles. The quantitative estimate of drug-likeness (QED) is 0.602. The number of aliphatic carboxylic acids is 1. The molecule has 0 aliphatic rings. The smallest absolute Gasteiger partial charge is 0.306 e. The number of rotatable bonds is 9. The SMILES string of the molecule is CC(C)(COC(C)(C)CC(=O)O)OCCCN. The Bertz CT molecular complexity index is 239. The third-order valence-corrected chi connectivity index (χ3v) is 2.23. The number of carbonyl (C=O) groups is 1. The van der Waals surface area contributed by atoms with Crippen LogP contribution < -0.4 is 5.73 Å². The van der Waals surface area contributed by atoms with Crippen molar-refractivity contribution in [3.8, 4) is 0 Å². The third kappa shape index (κ3) is 9.09. The fraction of sp³-hybridized carbons (Fsp3) is 0.917. The normalized spacial score (nSPS) is 12.8. The molecule has 0 heterocycles. The summed E-state index contributed by atoms with van der Waals surface area (Å²) < 4.78 is 11.2. The number of hydrogen-bond donors (Lipinski definition) is 2. The molecular formula is C12H25NO4. The third-order valence-electron chi connectivity index (χ3n) is 2.23. The average molecular weight is 247 g/mol. The number of ether oxygens (including phenoxy) is 2. The zero-order chi connectivity index (χ0) is 13.5. The lowest BCUT2D eigenvalue weighted by Crippen LogP contribution is -2.38. The van der Waals surface area contributed by atoms with Crippen LogP contribution in [0.5, 0.6) is 0 Å². The molecule has 0 fully saturated rings.